The molecular weight excluding hydrogens is 415 g/mol. The van der Waals surface area contributed by atoms with E-state index in [2.05, 4.69) is 23.2 Å². The normalized spacial score (nSPS) is 14.7. The summed E-state index contributed by atoms with van der Waals surface area (Å²) < 4.78 is 68.1. The molecule has 1 aromatic carbocycles. The topological polar surface area (TPSA) is 34.0 Å². The highest BCUT2D eigenvalue weighted by Crippen LogP contribution is 2.37. The minimum atomic E-state index is -4.65. The fourth-order valence-corrected chi connectivity index (χ4v) is 3.78. The largest absolute Gasteiger partial charge is 0.416 e. The molecule has 0 spiro atoms. The molecule has 0 N–H and O–H groups in total. The van der Waals surface area contributed by atoms with E-state index < -0.39 is 23.4 Å². The summed E-state index contributed by atoms with van der Waals surface area (Å²) in [7, 11) is 0. The molecule has 1 fully saturated rings. The van der Waals surface area contributed by atoms with Crippen LogP contribution in [0.15, 0.2) is 55.1 Å². The maximum Gasteiger partial charge on any atom is 0.416 e. The van der Waals surface area contributed by atoms with E-state index in [1.807, 2.05) is 13.0 Å². The van der Waals surface area contributed by atoms with Gasteiger partial charge in [0.25, 0.3) is 0 Å². The molecule has 0 saturated carbocycles. The van der Waals surface area contributed by atoms with Crippen LogP contribution in [-0.4, -0.2) is 32.8 Å². The molecule has 0 bridgehead atoms. The van der Waals surface area contributed by atoms with E-state index in [-0.39, 0.29) is 17.3 Å². The summed E-state index contributed by atoms with van der Waals surface area (Å²) in [5, 5.41) is 5.28. The molecule has 1 aliphatic rings. The molecule has 9 heteroatoms. The van der Waals surface area contributed by atoms with Crippen LogP contribution in [0.25, 0.3) is 16.7 Å². The van der Waals surface area contributed by atoms with Crippen LogP contribution in [0.3, 0.4) is 0 Å². The fraction of sp³-hybridized carbons (Fsp3) is 0.273. The summed E-state index contributed by atoms with van der Waals surface area (Å²) in [4.78, 5) is 6.05. The Balaban J connectivity index is 1.80. The van der Waals surface area contributed by atoms with Crippen LogP contribution >= 0.6 is 0 Å². The van der Waals surface area contributed by atoms with Crippen molar-refractivity contribution in [1.82, 2.24) is 19.7 Å². The first kappa shape index (κ1) is 21.0. The van der Waals surface area contributed by atoms with Crippen molar-refractivity contribution in [2.45, 2.75) is 25.4 Å². The minimum Gasteiger partial charge on any atom is -0.368 e. The van der Waals surface area contributed by atoms with Gasteiger partial charge in [0.2, 0.25) is 0 Å². The summed E-state index contributed by atoms with van der Waals surface area (Å²) in [6.07, 6.45) is -2.42. The Bertz CT molecular complexity index is 1190. The number of aromatic nitrogens is 3. The first-order chi connectivity index (χ1) is 14.6. The average molecular weight is 434 g/mol. The lowest BCUT2D eigenvalue weighted by Gasteiger charge is -2.41. The molecule has 0 radical (unpaired) electrons. The molecule has 3 aromatic rings. The third-order valence-corrected chi connectivity index (χ3v) is 5.53. The van der Waals surface area contributed by atoms with Crippen molar-refractivity contribution in [2.75, 3.05) is 13.1 Å². The lowest BCUT2D eigenvalue weighted by Crippen LogP contribution is -2.44. The molecule has 0 amide bonds. The number of hydrogen-bond donors (Lipinski definition) is 0. The number of alkyl halides is 3. The maximum atomic E-state index is 14.7. The van der Waals surface area contributed by atoms with E-state index in [0.29, 0.717) is 36.9 Å². The van der Waals surface area contributed by atoms with Gasteiger partial charge in [-0.2, -0.15) is 18.3 Å². The monoisotopic (exact) mass is 434 g/mol. The third kappa shape index (κ3) is 3.58. The molecule has 4 nitrogen and oxygen atoms in total. The smallest absolute Gasteiger partial charge is 0.368 e. The summed E-state index contributed by atoms with van der Waals surface area (Å²) in [5.74, 6) is -1.75. The van der Waals surface area contributed by atoms with Gasteiger partial charge in [0, 0.05) is 30.6 Å². The zero-order valence-corrected chi connectivity index (χ0v) is 16.7. The molecule has 4 rings (SSSR count). The van der Waals surface area contributed by atoms with Gasteiger partial charge in [0.15, 0.2) is 5.65 Å². The van der Waals surface area contributed by atoms with E-state index in [4.69, 9.17) is 0 Å². The summed E-state index contributed by atoms with van der Waals surface area (Å²) >= 11 is 0. The molecule has 31 heavy (non-hydrogen) atoms. The standard InChI is InChI=1S/C22H19F5N4/c1-4-14-7-8-28-21-19(14)20(15-10-30(11-15)13(3)12(2)23)29-31(21)18-6-5-16(9-17(18)24)22(25,26)27/h5-9,15H,2-4,10-11H2,1H3. The number of hydrogen-bond acceptors (Lipinski definition) is 3. The lowest BCUT2D eigenvalue weighted by atomic mass is 9.92. The van der Waals surface area contributed by atoms with Crippen molar-refractivity contribution in [2.24, 2.45) is 0 Å². The number of halogens is 5. The van der Waals surface area contributed by atoms with Crippen molar-refractivity contribution in [1.29, 1.82) is 0 Å². The SMILES string of the molecule is C=C(F)C(=C)N1CC(c2nn(-c3ccc(C(F)(F)F)cc3F)c3nccc(CC)c23)C1. The van der Waals surface area contributed by atoms with E-state index >= 15 is 0 Å². The second-order valence-corrected chi connectivity index (χ2v) is 7.44. The Morgan fingerprint density at radius 1 is 1.19 bits per heavy atom. The first-order valence-corrected chi connectivity index (χ1v) is 9.64. The quantitative estimate of drug-likeness (QED) is 0.391. The number of rotatable bonds is 5. The zero-order valence-electron chi connectivity index (χ0n) is 16.7. The van der Waals surface area contributed by atoms with Gasteiger partial charge in [-0.15, -0.1) is 0 Å². The zero-order chi connectivity index (χ0) is 22.5. The second kappa shape index (κ2) is 7.47. The number of pyridine rings is 1. The number of benzene rings is 1. The van der Waals surface area contributed by atoms with Crippen LogP contribution in [-0.2, 0) is 12.6 Å². The van der Waals surface area contributed by atoms with Crippen LogP contribution in [0.4, 0.5) is 22.0 Å². The molecule has 1 aliphatic heterocycles. The Morgan fingerprint density at radius 3 is 2.48 bits per heavy atom. The first-order valence-electron chi connectivity index (χ1n) is 9.64. The van der Waals surface area contributed by atoms with Crippen molar-refractivity contribution in [3.63, 3.8) is 0 Å². The maximum absolute atomic E-state index is 14.7. The average Bonchev–Trinajstić information content (AvgIpc) is 3.05. The molecule has 0 aliphatic carbocycles. The molecule has 1 saturated heterocycles. The van der Waals surface area contributed by atoms with Crippen LogP contribution in [0.5, 0.6) is 0 Å². The molecule has 0 atom stereocenters. The number of aryl methyl sites for hydroxylation is 1. The lowest BCUT2D eigenvalue weighted by molar-refractivity contribution is -0.137. The molecule has 2 aromatic heterocycles. The summed E-state index contributed by atoms with van der Waals surface area (Å²) in [6, 6.07) is 4.15. The molecule has 0 unspecified atom stereocenters. The van der Waals surface area contributed by atoms with Crippen LogP contribution < -0.4 is 0 Å². The number of allylic oxidation sites excluding steroid dienone is 1. The van der Waals surface area contributed by atoms with Gasteiger partial charge < -0.3 is 4.90 Å². The Morgan fingerprint density at radius 2 is 1.90 bits per heavy atom. The number of nitrogens with zero attached hydrogens (tertiary/aromatic N) is 4. The Hall–Kier alpha value is -3.23. The predicted molar refractivity (Wildman–Crippen MR) is 107 cm³/mol. The highest BCUT2D eigenvalue weighted by molar-refractivity contribution is 5.84. The van der Waals surface area contributed by atoms with E-state index in [1.54, 1.807) is 11.1 Å². The van der Waals surface area contributed by atoms with Crippen LogP contribution in [0.2, 0.25) is 0 Å². The Kier molecular flexibility index (Phi) is 5.07. The van der Waals surface area contributed by atoms with Gasteiger partial charge in [0.05, 0.1) is 17.0 Å². The summed E-state index contributed by atoms with van der Waals surface area (Å²) in [6.45, 7) is 9.76. The van der Waals surface area contributed by atoms with Gasteiger partial charge in [-0.3, -0.25) is 0 Å². The van der Waals surface area contributed by atoms with Crippen molar-refractivity contribution >= 4 is 11.0 Å². The van der Waals surface area contributed by atoms with Crippen LogP contribution in [0, 0.1) is 5.82 Å². The van der Waals surface area contributed by atoms with Crippen molar-refractivity contribution in [3.05, 3.63) is 77.8 Å². The number of fused-ring (bicyclic) bond motifs is 1. The molecular formula is C22H19F5N4. The second-order valence-electron chi connectivity index (χ2n) is 7.44. The van der Waals surface area contributed by atoms with Gasteiger partial charge >= 0.3 is 6.18 Å². The van der Waals surface area contributed by atoms with Crippen molar-refractivity contribution < 1.29 is 22.0 Å². The Labute approximate surface area is 175 Å². The highest BCUT2D eigenvalue weighted by Gasteiger charge is 2.35. The minimum absolute atomic E-state index is 0.0909. The van der Waals surface area contributed by atoms with Gasteiger partial charge in [0.1, 0.15) is 17.3 Å². The van der Waals surface area contributed by atoms with Crippen molar-refractivity contribution in [3.8, 4) is 5.69 Å². The van der Waals surface area contributed by atoms with E-state index in [0.717, 1.165) is 23.1 Å². The third-order valence-electron chi connectivity index (χ3n) is 5.53. The fourth-order valence-electron chi connectivity index (χ4n) is 3.78. The van der Waals surface area contributed by atoms with Gasteiger partial charge in [-0.25, -0.2) is 18.4 Å². The summed E-state index contributed by atoms with van der Waals surface area (Å²) in [5.41, 5.74) is 0.941. The molecule has 162 valence electrons. The van der Waals surface area contributed by atoms with E-state index in [1.165, 1.54) is 4.68 Å². The van der Waals surface area contributed by atoms with Gasteiger partial charge in [-0.1, -0.05) is 20.1 Å². The van der Waals surface area contributed by atoms with Gasteiger partial charge in [-0.05, 0) is 36.2 Å². The van der Waals surface area contributed by atoms with E-state index in [9.17, 15) is 22.0 Å². The predicted octanol–water partition coefficient (Wildman–Crippen LogP) is 5.54. The highest BCUT2D eigenvalue weighted by atomic mass is 19.4. The molecule has 3 heterocycles. The van der Waals surface area contributed by atoms with Crippen LogP contribution in [0.1, 0.15) is 29.7 Å². The number of likely N-dealkylation sites (tertiary alicyclic amines) is 1.